The Hall–Kier alpha value is -3.22. The molecule has 1 N–H and O–H groups in total. The van der Waals surface area contributed by atoms with Gasteiger partial charge in [0.05, 0.1) is 12.5 Å². The first-order valence-electron chi connectivity index (χ1n) is 9.99. The maximum absolute atomic E-state index is 12.9. The van der Waals surface area contributed by atoms with Crippen LogP contribution in [-0.2, 0) is 27.4 Å². The average molecular weight is 412 g/mol. The number of halogens is 1. The molecule has 3 rings (SSSR count). The number of nitrogens with zero attached hydrogens (tertiary/aromatic N) is 1. The van der Waals surface area contributed by atoms with E-state index in [1.807, 2.05) is 0 Å². The number of amides is 2. The first-order valence-corrected chi connectivity index (χ1v) is 9.99. The number of Topliss-reactive ketones (excluding diaryl/α,β-unsaturated/α-hetero) is 1. The number of rotatable bonds is 6. The molecule has 1 heterocycles. The Morgan fingerprint density at radius 3 is 2.37 bits per heavy atom. The van der Waals surface area contributed by atoms with Crippen LogP contribution in [0.2, 0.25) is 0 Å². The summed E-state index contributed by atoms with van der Waals surface area (Å²) in [6.07, 6.45) is 2.14. The Morgan fingerprint density at radius 1 is 1.03 bits per heavy atom. The van der Waals surface area contributed by atoms with Crippen LogP contribution < -0.4 is 5.32 Å². The third kappa shape index (κ3) is 5.89. The van der Waals surface area contributed by atoms with Crippen LogP contribution in [0.5, 0.6) is 0 Å². The SMILES string of the molecule is CC(=O)[C@@H]1CCCCN1C(=O)OCc1ccc(NC(=O)Cc2ccc(F)cc2)cc1. The molecule has 0 unspecified atom stereocenters. The zero-order valence-corrected chi connectivity index (χ0v) is 16.9. The number of hydrogen-bond acceptors (Lipinski definition) is 4. The summed E-state index contributed by atoms with van der Waals surface area (Å²) in [5.41, 5.74) is 2.11. The van der Waals surface area contributed by atoms with Crippen molar-refractivity contribution in [2.75, 3.05) is 11.9 Å². The second kappa shape index (κ2) is 10.0. The minimum absolute atomic E-state index is 0.0209. The lowest BCUT2D eigenvalue weighted by molar-refractivity contribution is -0.122. The minimum atomic E-state index is -0.480. The van der Waals surface area contributed by atoms with Gasteiger partial charge in [-0.1, -0.05) is 24.3 Å². The lowest BCUT2D eigenvalue weighted by atomic mass is 10.00. The van der Waals surface area contributed by atoms with Crippen LogP contribution in [0.15, 0.2) is 48.5 Å². The topological polar surface area (TPSA) is 75.7 Å². The second-order valence-corrected chi connectivity index (χ2v) is 7.42. The maximum atomic E-state index is 12.9. The number of ether oxygens (including phenoxy) is 1. The predicted molar refractivity (Wildman–Crippen MR) is 110 cm³/mol. The summed E-state index contributed by atoms with van der Waals surface area (Å²) >= 11 is 0. The van der Waals surface area contributed by atoms with Crippen LogP contribution in [0.4, 0.5) is 14.9 Å². The standard InChI is InChI=1S/C23H25FN2O4/c1-16(27)21-4-2-3-13-26(21)23(29)30-15-18-7-11-20(12-8-18)25-22(28)14-17-5-9-19(24)10-6-17/h5-12,21H,2-4,13-15H2,1H3,(H,25,28)/t21-/m0/s1. The molecule has 1 aliphatic rings. The fraction of sp³-hybridized carbons (Fsp3) is 0.348. The van der Waals surface area contributed by atoms with Crippen molar-refractivity contribution in [3.63, 3.8) is 0 Å². The van der Waals surface area contributed by atoms with Crippen molar-refractivity contribution in [1.29, 1.82) is 0 Å². The van der Waals surface area contributed by atoms with Crippen LogP contribution in [0.3, 0.4) is 0 Å². The number of piperidine rings is 1. The molecule has 2 aromatic carbocycles. The number of hydrogen-bond donors (Lipinski definition) is 1. The molecule has 0 saturated carbocycles. The van der Waals surface area contributed by atoms with Gasteiger partial charge in [-0.05, 0) is 61.6 Å². The molecule has 0 spiro atoms. The van der Waals surface area contributed by atoms with Crippen molar-refractivity contribution in [1.82, 2.24) is 4.90 Å². The van der Waals surface area contributed by atoms with Crippen LogP contribution in [0.1, 0.15) is 37.3 Å². The highest BCUT2D eigenvalue weighted by atomic mass is 19.1. The Bertz CT molecular complexity index is 896. The zero-order valence-electron chi connectivity index (χ0n) is 16.9. The molecule has 0 aromatic heterocycles. The number of carbonyl (C=O) groups is 3. The van der Waals surface area contributed by atoms with E-state index in [1.165, 1.54) is 24.0 Å². The molecule has 1 saturated heterocycles. The van der Waals surface area contributed by atoms with Gasteiger partial charge in [0, 0.05) is 12.2 Å². The van der Waals surface area contributed by atoms with E-state index in [-0.39, 0.29) is 30.5 Å². The molecule has 2 amide bonds. The summed E-state index contributed by atoms with van der Waals surface area (Å²) in [7, 11) is 0. The fourth-order valence-corrected chi connectivity index (χ4v) is 3.48. The molecule has 0 bridgehead atoms. The first kappa shape index (κ1) is 21.5. The summed E-state index contributed by atoms with van der Waals surface area (Å²) < 4.78 is 18.3. The van der Waals surface area contributed by atoms with E-state index < -0.39 is 12.1 Å². The smallest absolute Gasteiger partial charge is 0.410 e. The lowest BCUT2D eigenvalue weighted by Gasteiger charge is -2.33. The second-order valence-electron chi connectivity index (χ2n) is 7.42. The van der Waals surface area contributed by atoms with E-state index in [2.05, 4.69) is 5.32 Å². The fourth-order valence-electron chi connectivity index (χ4n) is 3.48. The Kier molecular flexibility index (Phi) is 7.17. The third-order valence-corrected chi connectivity index (χ3v) is 5.08. The number of ketones is 1. The van der Waals surface area contributed by atoms with Crippen molar-refractivity contribution in [3.05, 3.63) is 65.5 Å². The number of carbonyl (C=O) groups excluding carboxylic acids is 3. The number of benzene rings is 2. The Balaban J connectivity index is 1.49. The molecule has 1 fully saturated rings. The molecule has 7 heteroatoms. The van der Waals surface area contributed by atoms with E-state index >= 15 is 0 Å². The molecule has 158 valence electrons. The molecular weight excluding hydrogens is 387 g/mol. The number of anilines is 1. The molecule has 30 heavy (non-hydrogen) atoms. The van der Waals surface area contributed by atoms with Crippen LogP contribution >= 0.6 is 0 Å². The van der Waals surface area contributed by atoms with Gasteiger partial charge in [-0.2, -0.15) is 0 Å². The molecule has 0 aliphatic carbocycles. The van der Waals surface area contributed by atoms with Crippen molar-refractivity contribution in [3.8, 4) is 0 Å². The van der Waals surface area contributed by atoms with Gasteiger partial charge in [0.15, 0.2) is 5.78 Å². The van der Waals surface area contributed by atoms with Gasteiger partial charge in [-0.25, -0.2) is 9.18 Å². The van der Waals surface area contributed by atoms with E-state index in [0.717, 1.165) is 24.0 Å². The lowest BCUT2D eigenvalue weighted by Crippen LogP contribution is -2.47. The highest BCUT2D eigenvalue weighted by Gasteiger charge is 2.30. The summed E-state index contributed by atoms with van der Waals surface area (Å²) in [6, 6.07) is 12.4. The monoisotopic (exact) mass is 412 g/mol. The molecule has 1 aliphatic heterocycles. The van der Waals surface area contributed by atoms with Gasteiger partial charge in [0.25, 0.3) is 0 Å². The van der Waals surface area contributed by atoms with E-state index in [0.29, 0.717) is 18.7 Å². The third-order valence-electron chi connectivity index (χ3n) is 5.08. The molecule has 6 nitrogen and oxygen atoms in total. The molecule has 2 aromatic rings. The largest absolute Gasteiger partial charge is 0.445 e. The van der Waals surface area contributed by atoms with E-state index in [1.54, 1.807) is 36.4 Å². The summed E-state index contributed by atoms with van der Waals surface area (Å²) in [5, 5.41) is 2.78. The van der Waals surface area contributed by atoms with Crippen LogP contribution in [-0.4, -0.2) is 35.3 Å². The highest BCUT2D eigenvalue weighted by Crippen LogP contribution is 2.19. The quantitative estimate of drug-likeness (QED) is 0.776. The predicted octanol–water partition coefficient (Wildman–Crippen LogP) is 4.09. The van der Waals surface area contributed by atoms with E-state index in [4.69, 9.17) is 4.74 Å². The molecule has 1 atom stereocenters. The van der Waals surface area contributed by atoms with E-state index in [9.17, 15) is 18.8 Å². The van der Waals surface area contributed by atoms with Gasteiger partial charge in [-0.3, -0.25) is 14.5 Å². The minimum Gasteiger partial charge on any atom is -0.445 e. The number of nitrogens with one attached hydrogen (secondary N) is 1. The summed E-state index contributed by atoms with van der Waals surface area (Å²) in [5.74, 6) is -0.568. The highest BCUT2D eigenvalue weighted by molar-refractivity contribution is 5.92. The van der Waals surface area contributed by atoms with Crippen molar-refractivity contribution in [2.24, 2.45) is 0 Å². The van der Waals surface area contributed by atoms with Gasteiger partial charge in [0.2, 0.25) is 5.91 Å². The normalized spacial score (nSPS) is 16.1. The Morgan fingerprint density at radius 2 is 1.70 bits per heavy atom. The van der Waals surface area contributed by atoms with Crippen LogP contribution in [0, 0.1) is 5.82 Å². The maximum Gasteiger partial charge on any atom is 0.410 e. The average Bonchev–Trinajstić information content (AvgIpc) is 2.74. The van der Waals surface area contributed by atoms with Gasteiger partial charge in [-0.15, -0.1) is 0 Å². The number of likely N-dealkylation sites (tertiary alicyclic amines) is 1. The zero-order chi connectivity index (χ0) is 21.5. The van der Waals surface area contributed by atoms with Gasteiger partial charge < -0.3 is 10.1 Å². The molecular formula is C23H25FN2O4. The Labute approximate surface area is 175 Å². The van der Waals surface area contributed by atoms with Crippen molar-refractivity contribution < 1.29 is 23.5 Å². The van der Waals surface area contributed by atoms with Crippen molar-refractivity contribution in [2.45, 2.75) is 45.3 Å². The summed E-state index contributed by atoms with van der Waals surface area (Å²) in [6.45, 7) is 2.12. The van der Waals surface area contributed by atoms with Crippen molar-refractivity contribution >= 4 is 23.5 Å². The van der Waals surface area contributed by atoms with Gasteiger partial charge in [0.1, 0.15) is 12.4 Å². The first-order chi connectivity index (χ1) is 14.4. The van der Waals surface area contributed by atoms with Crippen LogP contribution in [0.25, 0.3) is 0 Å². The molecule has 0 radical (unpaired) electrons. The van der Waals surface area contributed by atoms with Gasteiger partial charge >= 0.3 is 6.09 Å². The summed E-state index contributed by atoms with van der Waals surface area (Å²) in [4.78, 5) is 37.7.